The highest BCUT2D eigenvalue weighted by molar-refractivity contribution is 9.10. The van der Waals surface area contributed by atoms with Gasteiger partial charge in [0, 0.05) is 10.5 Å². The van der Waals surface area contributed by atoms with Gasteiger partial charge in [0.05, 0.1) is 0 Å². The van der Waals surface area contributed by atoms with E-state index in [1.165, 1.54) is 12.1 Å². The largest absolute Gasteiger partial charge is 0.433 e. The summed E-state index contributed by atoms with van der Waals surface area (Å²) in [6.45, 7) is 1.86. The van der Waals surface area contributed by atoms with Crippen molar-refractivity contribution < 1.29 is 13.2 Å². The fourth-order valence-corrected chi connectivity index (χ4v) is 2.17. The lowest BCUT2D eigenvalue weighted by atomic mass is 10.1. The number of nitrogens with one attached hydrogen (secondary N) is 1. The summed E-state index contributed by atoms with van der Waals surface area (Å²) in [6, 6.07) is 11.2. The van der Waals surface area contributed by atoms with Crippen molar-refractivity contribution in [1.82, 2.24) is 4.98 Å². The number of alkyl halides is 3. The molecule has 0 spiro atoms. The van der Waals surface area contributed by atoms with Crippen molar-refractivity contribution in [2.45, 2.75) is 19.1 Å². The van der Waals surface area contributed by atoms with Crippen LogP contribution >= 0.6 is 15.9 Å². The van der Waals surface area contributed by atoms with Crippen LogP contribution in [0.2, 0.25) is 0 Å². The molecule has 0 aliphatic carbocycles. The van der Waals surface area contributed by atoms with E-state index in [2.05, 4.69) is 26.2 Å². The summed E-state index contributed by atoms with van der Waals surface area (Å²) in [5.74, 6) is 0.201. The number of rotatable bonds is 3. The molecule has 0 bridgehead atoms. The van der Waals surface area contributed by atoms with Crippen molar-refractivity contribution >= 4 is 21.7 Å². The first-order chi connectivity index (χ1) is 9.36. The molecule has 1 aromatic heterocycles. The molecule has 0 aliphatic rings. The van der Waals surface area contributed by atoms with Gasteiger partial charge in [0.2, 0.25) is 0 Å². The molecule has 0 radical (unpaired) electrons. The molecule has 0 amide bonds. The average Bonchev–Trinajstić information content (AvgIpc) is 2.38. The minimum atomic E-state index is -4.43. The van der Waals surface area contributed by atoms with E-state index in [9.17, 15) is 13.2 Å². The quantitative estimate of drug-likeness (QED) is 0.843. The number of halogens is 4. The maximum Gasteiger partial charge on any atom is 0.433 e. The van der Waals surface area contributed by atoms with Gasteiger partial charge in [0.15, 0.2) is 0 Å². The maximum absolute atomic E-state index is 12.6. The Hall–Kier alpha value is -1.56. The van der Waals surface area contributed by atoms with Gasteiger partial charge in [0.1, 0.15) is 11.5 Å². The Morgan fingerprint density at radius 3 is 2.50 bits per heavy atom. The van der Waals surface area contributed by atoms with Gasteiger partial charge in [-0.25, -0.2) is 4.98 Å². The zero-order chi connectivity index (χ0) is 14.8. The number of hydrogen-bond donors (Lipinski definition) is 1. The van der Waals surface area contributed by atoms with Crippen LogP contribution in [-0.4, -0.2) is 4.98 Å². The van der Waals surface area contributed by atoms with Gasteiger partial charge in [0.25, 0.3) is 0 Å². The summed E-state index contributed by atoms with van der Waals surface area (Å²) in [5, 5.41) is 2.97. The van der Waals surface area contributed by atoms with Gasteiger partial charge in [-0.3, -0.25) is 0 Å². The van der Waals surface area contributed by atoms with E-state index in [4.69, 9.17) is 0 Å². The summed E-state index contributed by atoms with van der Waals surface area (Å²) in [6.07, 6.45) is -4.43. The standard InChI is InChI=1S/C14H12BrF3N2/c1-9(10-4-2-5-11(15)8-10)19-13-7-3-6-12(20-13)14(16,17)18/h2-9H,1H3,(H,19,20). The van der Waals surface area contributed by atoms with Crippen molar-refractivity contribution in [3.8, 4) is 0 Å². The molecule has 0 saturated heterocycles. The predicted molar refractivity (Wildman–Crippen MR) is 75.4 cm³/mol. The molecule has 6 heteroatoms. The Bertz CT molecular complexity index is 599. The van der Waals surface area contributed by atoms with Crippen LogP contribution in [0.15, 0.2) is 46.9 Å². The predicted octanol–water partition coefficient (Wildman–Crippen LogP) is 5.04. The molecule has 20 heavy (non-hydrogen) atoms. The monoisotopic (exact) mass is 344 g/mol. The summed E-state index contributed by atoms with van der Waals surface area (Å²) in [5.41, 5.74) is 0.0579. The second-order valence-electron chi connectivity index (χ2n) is 4.33. The van der Waals surface area contributed by atoms with E-state index in [-0.39, 0.29) is 11.9 Å². The van der Waals surface area contributed by atoms with Crippen LogP contribution in [0.4, 0.5) is 19.0 Å². The Morgan fingerprint density at radius 2 is 1.85 bits per heavy atom. The number of anilines is 1. The van der Waals surface area contributed by atoms with Crippen LogP contribution in [0.5, 0.6) is 0 Å². The van der Waals surface area contributed by atoms with E-state index < -0.39 is 11.9 Å². The third-order valence-electron chi connectivity index (χ3n) is 2.75. The highest BCUT2D eigenvalue weighted by Gasteiger charge is 2.32. The van der Waals surface area contributed by atoms with E-state index in [0.29, 0.717) is 0 Å². The second kappa shape index (κ2) is 5.83. The lowest BCUT2D eigenvalue weighted by Gasteiger charge is -2.16. The highest BCUT2D eigenvalue weighted by Crippen LogP contribution is 2.29. The third-order valence-corrected chi connectivity index (χ3v) is 3.25. The van der Waals surface area contributed by atoms with E-state index in [1.807, 2.05) is 31.2 Å². The molecule has 1 unspecified atom stereocenters. The van der Waals surface area contributed by atoms with Gasteiger partial charge in [-0.05, 0) is 36.8 Å². The van der Waals surface area contributed by atoms with Crippen LogP contribution in [0, 0.1) is 0 Å². The molecular formula is C14H12BrF3N2. The third kappa shape index (κ3) is 3.72. The number of hydrogen-bond acceptors (Lipinski definition) is 2. The molecule has 0 fully saturated rings. The van der Waals surface area contributed by atoms with Crippen molar-refractivity contribution in [2.75, 3.05) is 5.32 Å². The minimum absolute atomic E-state index is 0.150. The topological polar surface area (TPSA) is 24.9 Å². The molecule has 106 valence electrons. The molecule has 2 aromatic rings. The first kappa shape index (κ1) is 14.8. The zero-order valence-electron chi connectivity index (χ0n) is 10.6. The number of nitrogens with zero attached hydrogens (tertiary/aromatic N) is 1. The second-order valence-corrected chi connectivity index (χ2v) is 5.24. The van der Waals surface area contributed by atoms with E-state index in [0.717, 1.165) is 16.1 Å². The average molecular weight is 345 g/mol. The van der Waals surface area contributed by atoms with Crippen molar-refractivity contribution in [2.24, 2.45) is 0 Å². The lowest BCUT2D eigenvalue weighted by Crippen LogP contribution is -2.12. The molecule has 1 heterocycles. The normalized spacial score (nSPS) is 13.1. The highest BCUT2D eigenvalue weighted by atomic mass is 79.9. The summed E-state index contributed by atoms with van der Waals surface area (Å²) in [4.78, 5) is 3.58. The van der Waals surface area contributed by atoms with E-state index in [1.54, 1.807) is 0 Å². The van der Waals surface area contributed by atoms with E-state index >= 15 is 0 Å². The Labute approximate surface area is 123 Å². The Kier molecular flexibility index (Phi) is 4.32. The first-order valence-corrected chi connectivity index (χ1v) is 6.72. The van der Waals surface area contributed by atoms with Gasteiger partial charge >= 0.3 is 6.18 Å². The number of benzene rings is 1. The SMILES string of the molecule is CC(Nc1cccc(C(F)(F)F)n1)c1cccc(Br)c1. The molecule has 0 aliphatic heterocycles. The van der Waals surface area contributed by atoms with Gasteiger partial charge in [-0.2, -0.15) is 13.2 Å². The van der Waals surface area contributed by atoms with Crippen molar-refractivity contribution in [3.63, 3.8) is 0 Å². The molecule has 1 atom stereocenters. The summed E-state index contributed by atoms with van der Waals surface area (Å²) < 4.78 is 38.7. The van der Waals surface area contributed by atoms with Crippen LogP contribution < -0.4 is 5.32 Å². The Balaban J connectivity index is 2.18. The number of pyridine rings is 1. The van der Waals surface area contributed by atoms with Crippen LogP contribution in [-0.2, 0) is 6.18 Å². The van der Waals surface area contributed by atoms with Gasteiger partial charge in [-0.15, -0.1) is 0 Å². The summed E-state index contributed by atoms with van der Waals surface area (Å²) in [7, 11) is 0. The Morgan fingerprint density at radius 1 is 1.15 bits per heavy atom. The molecule has 2 nitrogen and oxygen atoms in total. The fraction of sp³-hybridized carbons (Fsp3) is 0.214. The minimum Gasteiger partial charge on any atom is -0.364 e. The van der Waals surface area contributed by atoms with Crippen molar-refractivity contribution in [1.29, 1.82) is 0 Å². The molecule has 1 N–H and O–H groups in total. The van der Waals surface area contributed by atoms with Gasteiger partial charge < -0.3 is 5.32 Å². The smallest absolute Gasteiger partial charge is 0.364 e. The first-order valence-electron chi connectivity index (χ1n) is 5.92. The van der Waals surface area contributed by atoms with Crippen LogP contribution in [0.1, 0.15) is 24.2 Å². The lowest BCUT2D eigenvalue weighted by molar-refractivity contribution is -0.141. The fourth-order valence-electron chi connectivity index (χ4n) is 1.75. The van der Waals surface area contributed by atoms with Crippen LogP contribution in [0.3, 0.4) is 0 Å². The molecule has 2 rings (SSSR count). The molecular weight excluding hydrogens is 333 g/mol. The van der Waals surface area contributed by atoms with Crippen LogP contribution in [0.25, 0.3) is 0 Å². The zero-order valence-corrected chi connectivity index (χ0v) is 12.2. The maximum atomic E-state index is 12.6. The van der Waals surface area contributed by atoms with Gasteiger partial charge in [-0.1, -0.05) is 34.1 Å². The number of aromatic nitrogens is 1. The van der Waals surface area contributed by atoms with Crippen molar-refractivity contribution in [3.05, 3.63) is 58.2 Å². The molecule has 0 saturated carbocycles. The summed E-state index contributed by atoms with van der Waals surface area (Å²) >= 11 is 3.36. The molecule has 1 aromatic carbocycles.